The molecule has 2 saturated carbocycles. The van der Waals surface area contributed by atoms with Gasteiger partial charge in [-0.3, -0.25) is 14.9 Å². The van der Waals surface area contributed by atoms with Crippen molar-refractivity contribution in [2.24, 2.45) is 0 Å². The van der Waals surface area contributed by atoms with Crippen LogP contribution in [0.5, 0.6) is 0 Å². The van der Waals surface area contributed by atoms with Gasteiger partial charge in [0.15, 0.2) is 11.5 Å². The molecular formula is C20H18N4O4. The highest BCUT2D eigenvalue weighted by atomic mass is 16.6. The summed E-state index contributed by atoms with van der Waals surface area (Å²) in [4.78, 5) is 28.0. The van der Waals surface area contributed by atoms with Gasteiger partial charge in [-0.15, -0.1) is 0 Å². The zero-order valence-corrected chi connectivity index (χ0v) is 15.0. The maximum absolute atomic E-state index is 12.6. The summed E-state index contributed by atoms with van der Waals surface area (Å²) in [5, 5.41) is 17.3. The van der Waals surface area contributed by atoms with Crippen LogP contribution in [0.3, 0.4) is 0 Å². The molecule has 2 fully saturated rings. The number of rotatable bonds is 6. The summed E-state index contributed by atoms with van der Waals surface area (Å²) in [7, 11) is 0. The molecule has 0 aliphatic heterocycles. The number of fused-ring (bicyclic) bond motifs is 1. The molecule has 8 heteroatoms. The van der Waals surface area contributed by atoms with E-state index in [0.717, 1.165) is 31.6 Å². The number of aromatic nitrogens is 1. The first-order chi connectivity index (χ1) is 13.6. The van der Waals surface area contributed by atoms with E-state index < -0.39 is 10.8 Å². The van der Waals surface area contributed by atoms with Gasteiger partial charge in [-0.2, -0.15) is 0 Å². The fourth-order valence-electron chi connectivity index (χ4n) is 3.12. The molecule has 0 saturated heterocycles. The molecule has 28 heavy (non-hydrogen) atoms. The Morgan fingerprint density at radius 3 is 2.68 bits per heavy atom. The average molecular weight is 378 g/mol. The van der Waals surface area contributed by atoms with Crippen molar-refractivity contribution in [3.8, 4) is 0 Å². The first kappa shape index (κ1) is 16.7. The van der Waals surface area contributed by atoms with Crippen molar-refractivity contribution >= 4 is 34.1 Å². The first-order valence-electron chi connectivity index (χ1n) is 9.33. The van der Waals surface area contributed by atoms with Gasteiger partial charge in [0.25, 0.3) is 11.6 Å². The van der Waals surface area contributed by atoms with Crippen LogP contribution >= 0.6 is 0 Å². The van der Waals surface area contributed by atoms with Crippen molar-refractivity contribution < 1.29 is 14.1 Å². The van der Waals surface area contributed by atoms with Gasteiger partial charge >= 0.3 is 0 Å². The number of hydrogen-bond acceptors (Lipinski definition) is 6. The van der Waals surface area contributed by atoms with Crippen molar-refractivity contribution in [1.29, 1.82) is 0 Å². The third-order valence-corrected chi connectivity index (χ3v) is 4.98. The monoisotopic (exact) mass is 378 g/mol. The number of amides is 1. The van der Waals surface area contributed by atoms with Crippen LogP contribution in [0.4, 0.5) is 17.1 Å². The van der Waals surface area contributed by atoms with Crippen LogP contribution in [-0.2, 0) is 0 Å². The Bertz CT molecular complexity index is 1100. The molecule has 3 aromatic rings. The third kappa shape index (κ3) is 3.28. The maximum Gasteiger partial charge on any atom is 0.293 e. The molecule has 0 bridgehead atoms. The molecule has 8 nitrogen and oxygen atoms in total. The molecule has 142 valence electrons. The molecule has 1 amide bonds. The topological polar surface area (TPSA) is 110 Å². The lowest BCUT2D eigenvalue weighted by Crippen LogP contribution is -2.13. The summed E-state index contributed by atoms with van der Waals surface area (Å²) >= 11 is 0. The lowest BCUT2D eigenvalue weighted by Gasteiger charge is -2.08. The summed E-state index contributed by atoms with van der Waals surface area (Å²) in [6, 6.07) is 10.0. The zero-order chi connectivity index (χ0) is 19.3. The van der Waals surface area contributed by atoms with E-state index in [4.69, 9.17) is 4.42 Å². The molecule has 5 rings (SSSR count). The van der Waals surface area contributed by atoms with Crippen LogP contribution in [0.1, 0.15) is 47.8 Å². The van der Waals surface area contributed by atoms with Gasteiger partial charge in [-0.1, -0.05) is 0 Å². The smallest absolute Gasteiger partial charge is 0.293 e. The number of nitro groups is 1. The minimum Gasteiger partial charge on any atom is -0.440 e. The predicted molar refractivity (Wildman–Crippen MR) is 104 cm³/mol. The fourth-order valence-corrected chi connectivity index (χ4v) is 3.12. The highest BCUT2D eigenvalue weighted by Gasteiger charge is 2.29. The van der Waals surface area contributed by atoms with Gasteiger partial charge in [0.05, 0.1) is 4.92 Å². The van der Waals surface area contributed by atoms with E-state index >= 15 is 0 Å². The third-order valence-electron chi connectivity index (χ3n) is 4.98. The van der Waals surface area contributed by atoms with E-state index in [0.29, 0.717) is 28.4 Å². The Balaban J connectivity index is 1.37. The standard InChI is InChI=1S/C20H18N4O4/c25-19(12-3-7-15(21-13-4-5-13)17(9-12)24(26)27)22-14-6-8-18-16(10-14)23-20(28-18)11-1-2-11/h3,6-11,13,21H,1-2,4-5H2,(H,22,25). The lowest BCUT2D eigenvalue weighted by molar-refractivity contribution is -0.384. The van der Waals surface area contributed by atoms with Crippen molar-refractivity contribution in [2.75, 3.05) is 10.6 Å². The molecule has 0 atom stereocenters. The van der Waals surface area contributed by atoms with Crippen LogP contribution in [-0.4, -0.2) is 21.9 Å². The second kappa shape index (κ2) is 6.33. The summed E-state index contributed by atoms with van der Waals surface area (Å²) in [6.45, 7) is 0. The quantitative estimate of drug-likeness (QED) is 0.485. The van der Waals surface area contributed by atoms with Crippen LogP contribution in [0.15, 0.2) is 40.8 Å². The van der Waals surface area contributed by atoms with E-state index in [9.17, 15) is 14.9 Å². The molecule has 2 aromatic carbocycles. The molecule has 1 heterocycles. The average Bonchev–Trinajstić information content (AvgIpc) is 3.60. The molecule has 2 aliphatic rings. The molecular weight excluding hydrogens is 360 g/mol. The minimum absolute atomic E-state index is 0.0967. The molecule has 0 unspecified atom stereocenters. The number of anilines is 2. The second-order valence-corrected chi connectivity index (χ2v) is 7.37. The summed E-state index contributed by atoms with van der Waals surface area (Å²) in [5.74, 6) is 0.743. The van der Waals surface area contributed by atoms with Gasteiger partial charge in [0, 0.05) is 29.3 Å². The molecule has 0 radical (unpaired) electrons. The number of carbonyl (C=O) groups is 1. The summed E-state index contributed by atoms with van der Waals surface area (Å²) in [5.41, 5.74) is 2.52. The maximum atomic E-state index is 12.6. The molecule has 2 N–H and O–H groups in total. The van der Waals surface area contributed by atoms with Gasteiger partial charge in [0.2, 0.25) is 0 Å². The zero-order valence-electron chi connectivity index (χ0n) is 15.0. The Morgan fingerprint density at radius 1 is 1.14 bits per heavy atom. The van der Waals surface area contributed by atoms with Crippen LogP contribution in [0.25, 0.3) is 11.1 Å². The van der Waals surface area contributed by atoms with Crippen LogP contribution in [0, 0.1) is 10.1 Å². The molecule has 0 spiro atoms. The van der Waals surface area contributed by atoms with Gasteiger partial charge in [-0.05, 0) is 56.0 Å². The predicted octanol–water partition coefficient (Wildman–Crippen LogP) is 4.44. The van der Waals surface area contributed by atoms with E-state index in [1.54, 1.807) is 30.3 Å². The summed E-state index contributed by atoms with van der Waals surface area (Å²) in [6.07, 6.45) is 4.21. The van der Waals surface area contributed by atoms with Gasteiger partial charge in [-0.25, -0.2) is 4.98 Å². The Kier molecular flexibility index (Phi) is 3.78. The first-order valence-corrected chi connectivity index (χ1v) is 9.33. The van der Waals surface area contributed by atoms with Crippen LogP contribution < -0.4 is 10.6 Å². The van der Waals surface area contributed by atoms with E-state index in [1.165, 1.54) is 6.07 Å². The SMILES string of the molecule is O=C(Nc1ccc2oc(C3CC3)nc2c1)c1ccc(NC2CC2)c([N+](=O)[O-])c1. The normalized spacial score (nSPS) is 16.1. The van der Waals surface area contributed by atoms with Gasteiger partial charge in [0.1, 0.15) is 11.2 Å². The highest BCUT2D eigenvalue weighted by molar-refractivity contribution is 6.05. The van der Waals surface area contributed by atoms with Gasteiger partial charge < -0.3 is 15.1 Å². The van der Waals surface area contributed by atoms with Crippen molar-refractivity contribution in [3.05, 3.63) is 58.0 Å². The largest absolute Gasteiger partial charge is 0.440 e. The number of nitro benzene ring substituents is 1. The number of oxazole rings is 1. The highest BCUT2D eigenvalue weighted by Crippen LogP contribution is 2.40. The Labute approximate surface area is 160 Å². The van der Waals surface area contributed by atoms with E-state index in [-0.39, 0.29) is 17.3 Å². The number of nitrogens with one attached hydrogen (secondary N) is 2. The molecule has 2 aliphatic carbocycles. The fraction of sp³-hybridized carbons (Fsp3) is 0.300. The summed E-state index contributed by atoms with van der Waals surface area (Å²) < 4.78 is 5.72. The molecule has 1 aromatic heterocycles. The number of nitrogens with zero attached hydrogens (tertiary/aromatic N) is 2. The Hall–Kier alpha value is -3.42. The second-order valence-electron chi connectivity index (χ2n) is 7.37. The van der Waals surface area contributed by atoms with Crippen LogP contribution in [0.2, 0.25) is 0 Å². The van der Waals surface area contributed by atoms with Crippen molar-refractivity contribution in [3.63, 3.8) is 0 Å². The number of carbonyl (C=O) groups excluding carboxylic acids is 1. The van der Waals surface area contributed by atoms with E-state index in [1.807, 2.05) is 0 Å². The van der Waals surface area contributed by atoms with E-state index in [2.05, 4.69) is 15.6 Å². The lowest BCUT2D eigenvalue weighted by atomic mass is 10.1. The minimum atomic E-state index is -0.470. The van der Waals surface area contributed by atoms with Crippen molar-refractivity contribution in [1.82, 2.24) is 4.98 Å². The number of hydrogen-bond donors (Lipinski definition) is 2. The Morgan fingerprint density at radius 2 is 1.96 bits per heavy atom. The van der Waals surface area contributed by atoms with Crippen molar-refractivity contribution in [2.45, 2.75) is 37.6 Å². The number of benzene rings is 2.